The lowest BCUT2D eigenvalue weighted by molar-refractivity contribution is 0.160. The van der Waals surface area contributed by atoms with Crippen LogP contribution in [0.3, 0.4) is 0 Å². The lowest BCUT2D eigenvalue weighted by atomic mass is 10.6. The average molecular weight is 161 g/mol. The maximum absolute atomic E-state index is 10.8. The molecule has 4 heteroatoms. The van der Waals surface area contributed by atoms with E-state index in [2.05, 4.69) is 0 Å². The van der Waals surface area contributed by atoms with Crippen molar-refractivity contribution in [3.63, 3.8) is 0 Å². The molecular formula is C6H11NO2S. The first-order valence-electron chi connectivity index (χ1n) is 3.25. The third kappa shape index (κ3) is 1.80. The zero-order valence-corrected chi connectivity index (χ0v) is 6.82. The summed E-state index contributed by atoms with van der Waals surface area (Å²) in [4.78, 5) is 12.5. The quantitative estimate of drug-likeness (QED) is 0.613. The molecule has 0 unspecified atom stereocenters. The number of hydrogen-bond acceptors (Lipinski definition) is 3. The van der Waals surface area contributed by atoms with Crippen LogP contribution in [-0.4, -0.2) is 42.7 Å². The van der Waals surface area contributed by atoms with Crippen molar-refractivity contribution in [1.29, 1.82) is 0 Å². The fourth-order valence-electron chi connectivity index (χ4n) is 0.830. The Morgan fingerprint density at radius 2 is 2.60 bits per heavy atom. The van der Waals surface area contributed by atoms with E-state index in [0.29, 0.717) is 6.61 Å². The first-order valence-corrected chi connectivity index (χ1v) is 4.64. The SMILES string of the molecule is CSCCN1CCOC1=O. The van der Waals surface area contributed by atoms with E-state index in [1.54, 1.807) is 16.7 Å². The second kappa shape index (κ2) is 3.71. The highest BCUT2D eigenvalue weighted by molar-refractivity contribution is 7.98. The highest BCUT2D eigenvalue weighted by atomic mass is 32.2. The molecule has 0 aromatic carbocycles. The normalized spacial score (nSPS) is 17.7. The fraction of sp³-hybridized carbons (Fsp3) is 0.833. The molecule has 0 spiro atoms. The molecule has 3 nitrogen and oxygen atoms in total. The van der Waals surface area contributed by atoms with Crippen molar-refractivity contribution in [2.24, 2.45) is 0 Å². The third-order valence-electron chi connectivity index (χ3n) is 1.41. The Hall–Kier alpha value is -0.380. The molecule has 0 aliphatic carbocycles. The van der Waals surface area contributed by atoms with Gasteiger partial charge in [-0.3, -0.25) is 0 Å². The van der Waals surface area contributed by atoms with Crippen LogP contribution in [0, 0.1) is 0 Å². The van der Waals surface area contributed by atoms with Gasteiger partial charge in [0.25, 0.3) is 0 Å². The van der Waals surface area contributed by atoms with Gasteiger partial charge in [0, 0.05) is 12.3 Å². The number of cyclic esters (lactones) is 1. The first-order chi connectivity index (χ1) is 4.84. The highest BCUT2D eigenvalue weighted by Gasteiger charge is 2.20. The Bertz CT molecular complexity index is 129. The minimum atomic E-state index is -0.158. The summed E-state index contributed by atoms with van der Waals surface area (Å²) in [5.74, 6) is 0.995. The predicted molar refractivity (Wildman–Crippen MR) is 41.3 cm³/mol. The monoisotopic (exact) mass is 161 g/mol. The van der Waals surface area contributed by atoms with Crippen molar-refractivity contribution in [3.05, 3.63) is 0 Å². The van der Waals surface area contributed by atoms with Crippen LogP contribution in [0.4, 0.5) is 4.79 Å². The van der Waals surface area contributed by atoms with Gasteiger partial charge in [0.1, 0.15) is 6.61 Å². The minimum absolute atomic E-state index is 0.158. The van der Waals surface area contributed by atoms with E-state index in [-0.39, 0.29) is 6.09 Å². The van der Waals surface area contributed by atoms with Crippen molar-refractivity contribution >= 4 is 17.9 Å². The fourth-order valence-corrected chi connectivity index (χ4v) is 1.23. The molecule has 0 bridgehead atoms. The molecular weight excluding hydrogens is 150 g/mol. The molecule has 0 saturated carbocycles. The van der Waals surface area contributed by atoms with Gasteiger partial charge < -0.3 is 9.64 Å². The number of carbonyl (C=O) groups excluding carboxylic acids is 1. The summed E-state index contributed by atoms with van der Waals surface area (Å²) >= 11 is 1.74. The Balaban J connectivity index is 2.20. The number of rotatable bonds is 3. The van der Waals surface area contributed by atoms with Gasteiger partial charge in [-0.05, 0) is 6.26 Å². The maximum Gasteiger partial charge on any atom is 0.409 e. The lowest BCUT2D eigenvalue weighted by Crippen LogP contribution is -2.26. The molecule has 1 amide bonds. The summed E-state index contributed by atoms with van der Waals surface area (Å²) in [6.07, 6.45) is 1.87. The van der Waals surface area contributed by atoms with Gasteiger partial charge in [-0.25, -0.2) is 4.79 Å². The minimum Gasteiger partial charge on any atom is -0.448 e. The molecule has 1 saturated heterocycles. The van der Waals surface area contributed by atoms with Crippen molar-refractivity contribution in [2.75, 3.05) is 31.7 Å². The molecule has 1 aliphatic heterocycles. The van der Waals surface area contributed by atoms with Crippen LogP contribution in [-0.2, 0) is 4.74 Å². The summed E-state index contributed by atoms with van der Waals surface area (Å²) in [5, 5.41) is 0. The van der Waals surface area contributed by atoms with Crippen molar-refractivity contribution in [1.82, 2.24) is 4.90 Å². The Morgan fingerprint density at radius 3 is 3.10 bits per heavy atom. The molecule has 0 radical (unpaired) electrons. The number of ether oxygens (including phenoxy) is 1. The number of thioether (sulfide) groups is 1. The summed E-state index contributed by atoms with van der Waals surface area (Å²) < 4.78 is 4.74. The Labute approximate surface area is 64.7 Å². The van der Waals surface area contributed by atoms with Gasteiger partial charge in [-0.15, -0.1) is 0 Å². The van der Waals surface area contributed by atoms with E-state index < -0.39 is 0 Å². The molecule has 0 aromatic heterocycles. The van der Waals surface area contributed by atoms with Gasteiger partial charge >= 0.3 is 6.09 Å². The van der Waals surface area contributed by atoms with Crippen LogP contribution in [0.25, 0.3) is 0 Å². The van der Waals surface area contributed by atoms with Crippen molar-refractivity contribution < 1.29 is 9.53 Å². The smallest absolute Gasteiger partial charge is 0.409 e. The van der Waals surface area contributed by atoms with Crippen LogP contribution < -0.4 is 0 Å². The highest BCUT2D eigenvalue weighted by Crippen LogP contribution is 2.03. The second-order valence-electron chi connectivity index (χ2n) is 2.09. The second-order valence-corrected chi connectivity index (χ2v) is 3.08. The third-order valence-corrected chi connectivity index (χ3v) is 2.00. The topological polar surface area (TPSA) is 29.5 Å². The van der Waals surface area contributed by atoms with Gasteiger partial charge in [0.15, 0.2) is 0 Å². The Morgan fingerprint density at radius 1 is 1.80 bits per heavy atom. The molecule has 0 N–H and O–H groups in total. The molecule has 10 heavy (non-hydrogen) atoms. The Kier molecular flexibility index (Phi) is 2.86. The number of nitrogens with zero attached hydrogens (tertiary/aromatic N) is 1. The molecule has 1 fully saturated rings. The molecule has 1 aliphatic rings. The molecule has 1 heterocycles. The molecule has 0 atom stereocenters. The van der Waals surface area contributed by atoms with Crippen LogP contribution >= 0.6 is 11.8 Å². The molecule has 0 aromatic rings. The average Bonchev–Trinajstić information content (AvgIpc) is 2.31. The van der Waals surface area contributed by atoms with Gasteiger partial charge in [0.2, 0.25) is 0 Å². The van der Waals surface area contributed by atoms with E-state index in [1.807, 2.05) is 6.26 Å². The van der Waals surface area contributed by atoms with Gasteiger partial charge in [0.05, 0.1) is 6.54 Å². The van der Waals surface area contributed by atoms with Crippen LogP contribution in [0.15, 0.2) is 0 Å². The summed E-state index contributed by atoms with van der Waals surface area (Å²) in [5.41, 5.74) is 0. The number of hydrogen-bond donors (Lipinski definition) is 0. The van der Waals surface area contributed by atoms with E-state index in [0.717, 1.165) is 18.8 Å². The van der Waals surface area contributed by atoms with E-state index >= 15 is 0 Å². The zero-order chi connectivity index (χ0) is 7.40. The summed E-state index contributed by atoms with van der Waals surface area (Å²) in [7, 11) is 0. The summed E-state index contributed by atoms with van der Waals surface area (Å²) in [6, 6.07) is 0. The maximum atomic E-state index is 10.8. The predicted octanol–water partition coefficient (Wildman–Crippen LogP) is 0.802. The van der Waals surface area contributed by atoms with Crippen LogP contribution in [0.2, 0.25) is 0 Å². The van der Waals surface area contributed by atoms with E-state index in [1.165, 1.54) is 0 Å². The van der Waals surface area contributed by atoms with Crippen molar-refractivity contribution in [3.8, 4) is 0 Å². The van der Waals surface area contributed by atoms with E-state index in [4.69, 9.17) is 4.74 Å². The number of amides is 1. The number of carbonyl (C=O) groups is 1. The standard InChI is InChI=1S/C6H11NO2S/c1-10-5-3-7-2-4-9-6(7)8/h2-5H2,1H3. The van der Waals surface area contributed by atoms with Crippen LogP contribution in [0.1, 0.15) is 0 Å². The van der Waals surface area contributed by atoms with Gasteiger partial charge in [-0.1, -0.05) is 0 Å². The summed E-state index contributed by atoms with van der Waals surface area (Å²) in [6.45, 7) is 2.15. The lowest BCUT2D eigenvalue weighted by Gasteiger charge is -2.09. The van der Waals surface area contributed by atoms with E-state index in [9.17, 15) is 4.79 Å². The van der Waals surface area contributed by atoms with Crippen LogP contribution in [0.5, 0.6) is 0 Å². The first kappa shape index (κ1) is 7.72. The van der Waals surface area contributed by atoms with Gasteiger partial charge in [-0.2, -0.15) is 11.8 Å². The molecule has 58 valence electrons. The largest absolute Gasteiger partial charge is 0.448 e. The van der Waals surface area contributed by atoms with Crippen molar-refractivity contribution in [2.45, 2.75) is 0 Å². The molecule has 1 rings (SSSR count). The zero-order valence-electron chi connectivity index (χ0n) is 6.00.